The smallest absolute Gasteiger partial charge is 0.211 e. The molecule has 5 heteroatoms. The van der Waals surface area contributed by atoms with Crippen LogP contribution in [0.1, 0.15) is 84.5 Å². The Bertz CT molecular complexity index is 381. The van der Waals surface area contributed by atoms with Crippen LogP contribution in [0.15, 0.2) is 0 Å². The minimum atomic E-state index is -3.07. The van der Waals surface area contributed by atoms with Crippen LogP contribution in [0.4, 0.5) is 0 Å². The topological polar surface area (TPSA) is 46.2 Å². The van der Waals surface area contributed by atoms with Crippen molar-refractivity contribution in [2.45, 2.75) is 84.5 Å². The van der Waals surface area contributed by atoms with Gasteiger partial charge in [-0.3, -0.25) is 0 Å². The molecule has 0 spiro atoms. The first kappa shape index (κ1) is 23.9. The number of sulfonamides is 1. The Kier molecular flexibility index (Phi) is 14.0. The second-order valence-electron chi connectivity index (χ2n) is 7.72. The summed E-state index contributed by atoms with van der Waals surface area (Å²) in [5.41, 5.74) is 0. The number of rotatable bonds is 17. The Balaban J connectivity index is 3.51. The molecule has 0 unspecified atom stereocenters. The molecule has 4 nitrogen and oxygen atoms in total. The van der Waals surface area contributed by atoms with Crippen molar-refractivity contribution < 1.29 is 12.9 Å². The van der Waals surface area contributed by atoms with E-state index in [1.165, 1.54) is 51.4 Å². The van der Waals surface area contributed by atoms with Gasteiger partial charge in [0.2, 0.25) is 10.0 Å². The lowest BCUT2D eigenvalue weighted by Gasteiger charge is -2.28. The molecule has 0 aliphatic carbocycles. The average molecular weight is 364 g/mol. The molecule has 146 valence electrons. The summed E-state index contributed by atoms with van der Waals surface area (Å²) in [6, 6.07) is 0. The van der Waals surface area contributed by atoms with Crippen LogP contribution in [0.5, 0.6) is 0 Å². The molecule has 1 N–H and O–H groups in total. The van der Waals surface area contributed by atoms with Crippen LogP contribution in [0, 0.1) is 0 Å². The van der Waals surface area contributed by atoms with Gasteiger partial charge in [-0.1, -0.05) is 64.7 Å². The van der Waals surface area contributed by atoms with Crippen LogP contribution in [-0.4, -0.2) is 52.4 Å². The van der Waals surface area contributed by atoms with Crippen molar-refractivity contribution in [3.05, 3.63) is 0 Å². The summed E-state index contributed by atoms with van der Waals surface area (Å²) in [4.78, 5) is 0. The van der Waals surface area contributed by atoms with Crippen molar-refractivity contribution in [1.82, 2.24) is 4.72 Å². The van der Waals surface area contributed by atoms with Crippen LogP contribution >= 0.6 is 0 Å². The van der Waals surface area contributed by atoms with Gasteiger partial charge in [0.1, 0.15) is 0 Å². The second kappa shape index (κ2) is 14.1. The van der Waals surface area contributed by atoms with E-state index in [4.69, 9.17) is 0 Å². The summed E-state index contributed by atoms with van der Waals surface area (Å²) in [5, 5.41) is 0. The number of hydrogen-bond donors (Lipinski definition) is 1. The zero-order chi connectivity index (χ0) is 18.3. The number of unbranched alkanes of at least 4 members (excludes halogenated alkanes) is 9. The van der Waals surface area contributed by atoms with Crippen molar-refractivity contribution in [2.75, 3.05) is 39.5 Å². The van der Waals surface area contributed by atoms with Crippen LogP contribution in [0.2, 0.25) is 0 Å². The molecule has 0 amide bonds. The second-order valence-corrected chi connectivity index (χ2v) is 9.65. The molecule has 0 saturated carbocycles. The minimum Gasteiger partial charge on any atom is -0.329 e. The van der Waals surface area contributed by atoms with Gasteiger partial charge in [0.15, 0.2) is 0 Å². The molecule has 0 aliphatic rings. The Morgan fingerprint density at radius 3 is 1.75 bits per heavy atom. The Labute approximate surface area is 152 Å². The molecule has 0 heterocycles. The van der Waals surface area contributed by atoms with E-state index < -0.39 is 10.0 Å². The highest BCUT2D eigenvalue weighted by Crippen LogP contribution is 2.10. The Hall–Kier alpha value is -0.130. The SMILES string of the molecule is CCCCCCCCCCCCS(=O)(=O)NCCC[N+](C)(C)CC. The highest BCUT2D eigenvalue weighted by Gasteiger charge is 2.13. The largest absolute Gasteiger partial charge is 0.329 e. The predicted molar refractivity (Wildman–Crippen MR) is 106 cm³/mol. The van der Waals surface area contributed by atoms with Gasteiger partial charge in [0.05, 0.1) is 32.9 Å². The number of quaternary nitrogens is 1. The van der Waals surface area contributed by atoms with E-state index >= 15 is 0 Å². The van der Waals surface area contributed by atoms with Gasteiger partial charge in [-0.25, -0.2) is 13.1 Å². The summed E-state index contributed by atoms with van der Waals surface area (Å²) in [5.74, 6) is 0.287. The predicted octanol–water partition coefficient (Wildman–Crippen LogP) is 4.31. The van der Waals surface area contributed by atoms with Crippen molar-refractivity contribution in [2.24, 2.45) is 0 Å². The molecular weight excluding hydrogens is 320 g/mol. The van der Waals surface area contributed by atoms with Crippen molar-refractivity contribution in [1.29, 1.82) is 0 Å². The molecule has 0 aromatic rings. The molecule has 0 aromatic carbocycles. The standard InChI is InChI=1S/C19H43N2O2S/c1-5-7-8-9-10-11-12-13-14-15-19-24(22,23)20-17-16-18-21(3,4)6-2/h20H,5-19H2,1-4H3/q+1. The quantitative estimate of drug-likeness (QED) is 0.309. The zero-order valence-corrected chi connectivity index (χ0v) is 17.6. The molecule has 0 aliphatic heterocycles. The minimum absolute atomic E-state index is 0.287. The van der Waals surface area contributed by atoms with Gasteiger partial charge in [-0.15, -0.1) is 0 Å². The lowest BCUT2D eigenvalue weighted by atomic mass is 10.1. The van der Waals surface area contributed by atoms with Crippen molar-refractivity contribution in [3.63, 3.8) is 0 Å². The maximum atomic E-state index is 11.9. The van der Waals surface area contributed by atoms with Crippen LogP contribution in [-0.2, 0) is 10.0 Å². The highest BCUT2D eigenvalue weighted by atomic mass is 32.2. The Morgan fingerprint density at radius 2 is 1.25 bits per heavy atom. The summed E-state index contributed by atoms with van der Waals surface area (Å²) in [7, 11) is 1.29. The number of hydrogen-bond acceptors (Lipinski definition) is 2. The third-order valence-corrected chi connectivity index (χ3v) is 6.35. The molecule has 0 aromatic heterocycles. The van der Waals surface area contributed by atoms with Gasteiger partial charge >= 0.3 is 0 Å². The molecular formula is C19H43N2O2S+. The first-order valence-corrected chi connectivity index (χ1v) is 11.8. The Morgan fingerprint density at radius 1 is 0.750 bits per heavy atom. The molecule has 24 heavy (non-hydrogen) atoms. The van der Waals surface area contributed by atoms with Crippen molar-refractivity contribution >= 4 is 10.0 Å². The molecule has 0 bridgehead atoms. The first-order chi connectivity index (χ1) is 11.3. The number of nitrogens with one attached hydrogen (secondary N) is 1. The highest BCUT2D eigenvalue weighted by molar-refractivity contribution is 7.89. The lowest BCUT2D eigenvalue weighted by Crippen LogP contribution is -2.41. The fraction of sp³-hybridized carbons (Fsp3) is 1.00. The third-order valence-electron chi connectivity index (χ3n) is 4.88. The maximum absolute atomic E-state index is 11.9. The molecule has 0 saturated heterocycles. The summed E-state index contributed by atoms with van der Waals surface area (Å²) >= 11 is 0. The van der Waals surface area contributed by atoms with Crippen LogP contribution in [0.3, 0.4) is 0 Å². The lowest BCUT2D eigenvalue weighted by molar-refractivity contribution is -0.888. The van der Waals surface area contributed by atoms with E-state index in [2.05, 4.69) is 32.7 Å². The monoisotopic (exact) mass is 363 g/mol. The van der Waals surface area contributed by atoms with E-state index in [9.17, 15) is 8.42 Å². The summed E-state index contributed by atoms with van der Waals surface area (Å²) in [6.45, 7) is 7.06. The molecule has 0 radical (unpaired) electrons. The van der Waals surface area contributed by atoms with E-state index in [0.29, 0.717) is 6.54 Å². The third kappa shape index (κ3) is 15.4. The van der Waals surface area contributed by atoms with E-state index in [-0.39, 0.29) is 5.75 Å². The summed E-state index contributed by atoms with van der Waals surface area (Å²) in [6.07, 6.45) is 13.2. The van der Waals surface area contributed by atoms with E-state index in [1.54, 1.807) is 0 Å². The van der Waals surface area contributed by atoms with Gasteiger partial charge in [0.25, 0.3) is 0 Å². The van der Waals surface area contributed by atoms with Gasteiger partial charge in [-0.05, 0) is 13.3 Å². The van der Waals surface area contributed by atoms with Gasteiger partial charge in [-0.2, -0.15) is 0 Å². The van der Waals surface area contributed by atoms with E-state index in [1.807, 2.05) is 0 Å². The number of nitrogens with zero attached hydrogens (tertiary/aromatic N) is 1. The molecule has 0 fully saturated rings. The normalized spacial score (nSPS) is 12.7. The first-order valence-electron chi connectivity index (χ1n) is 10.1. The fourth-order valence-corrected chi connectivity index (χ4v) is 3.93. The fourth-order valence-electron chi connectivity index (χ4n) is 2.74. The average Bonchev–Trinajstić information content (AvgIpc) is 2.53. The van der Waals surface area contributed by atoms with E-state index in [0.717, 1.165) is 36.8 Å². The zero-order valence-electron chi connectivity index (χ0n) is 16.8. The molecule has 0 rings (SSSR count). The van der Waals surface area contributed by atoms with Gasteiger partial charge < -0.3 is 4.48 Å². The maximum Gasteiger partial charge on any atom is 0.211 e. The van der Waals surface area contributed by atoms with Crippen molar-refractivity contribution in [3.8, 4) is 0 Å². The van der Waals surface area contributed by atoms with Gasteiger partial charge in [0, 0.05) is 13.0 Å². The van der Waals surface area contributed by atoms with Crippen LogP contribution < -0.4 is 4.72 Å². The van der Waals surface area contributed by atoms with Crippen LogP contribution in [0.25, 0.3) is 0 Å². The summed E-state index contributed by atoms with van der Waals surface area (Å²) < 4.78 is 27.6. The molecule has 0 atom stereocenters.